The van der Waals surface area contributed by atoms with Crippen LogP contribution in [0, 0.1) is 19.3 Å². The van der Waals surface area contributed by atoms with Gasteiger partial charge in [-0.05, 0) is 37.3 Å². The van der Waals surface area contributed by atoms with E-state index in [0.29, 0.717) is 4.99 Å². The van der Waals surface area contributed by atoms with Crippen LogP contribution < -0.4 is 11.1 Å². The summed E-state index contributed by atoms with van der Waals surface area (Å²) in [5, 5.41) is 3.39. The summed E-state index contributed by atoms with van der Waals surface area (Å²) in [5.41, 5.74) is 8.79. The molecule has 0 saturated carbocycles. The first-order chi connectivity index (χ1) is 9.26. The van der Waals surface area contributed by atoms with Crippen molar-refractivity contribution in [3.8, 4) is 0 Å². The van der Waals surface area contributed by atoms with E-state index in [9.17, 15) is 0 Å². The van der Waals surface area contributed by atoms with Gasteiger partial charge in [0.25, 0.3) is 0 Å². The number of thiocarbonyl (C=S) groups is 1. The second kappa shape index (κ2) is 6.99. The van der Waals surface area contributed by atoms with Crippen LogP contribution in [0.25, 0.3) is 0 Å². The van der Waals surface area contributed by atoms with E-state index < -0.39 is 0 Å². The molecular formula is C15H25N3OS. The van der Waals surface area contributed by atoms with Crippen LogP contribution in [0.1, 0.15) is 37.1 Å². The highest BCUT2D eigenvalue weighted by atomic mass is 32.1. The topological polar surface area (TPSA) is 60.2 Å². The zero-order valence-electron chi connectivity index (χ0n) is 13.0. The lowest BCUT2D eigenvalue weighted by atomic mass is 9.89. The molecule has 0 bridgehead atoms. The molecule has 1 aromatic heterocycles. The van der Waals surface area contributed by atoms with Crippen molar-refractivity contribution in [1.29, 1.82) is 0 Å². The van der Waals surface area contributed by atoms with Gasteiger partial charge in [0.05, 0.1) is 5.56 Å². The van der Waals surface area contributed by atoms with Gasteiger partial charge in [-0.1, -0.05) is 26.1 Å². The molecule has 0 saturated heterocycles. The Kier molecular flexibility index (Phi) is 5.89. The molecular weight excluding hydrogens is 270 g/mol. The Morgan fingerprint density at radius 1 is 1.45 bits per heavy atom. The maximum Gasteiger partial charge on any atom is 0.136 e. The average Bonchev–Trinajstić information content (AvgIpc) is 2.32. The summed E-state index contributed by atoms with van der Waals surface area (Å²) >= 11 is 5.14. The Morgan fingerprint density at radius 2 is 2.10 bits per heavy atom. The highest BCUT2D eigenvalue weighted by Crippen LogP contribution is 2.24. The lowest BCUT2D eigenvalue weighted by Crippen LogP contribution is -2.26. The van der Waals surface area contributed by atoms with Crippen LogP contribution in [-0.4, -0.2) is 30.2 Å². The summed E-state index contributed by atoms with van der Waals surface area (Å²) in [5.74, 6) is 0.778. The van der Waals surface area contributed by atoms with Gasteiger partial charge in [0.2, 0.25) is 0 Å². The summed E-state index contributed by atoms with van der Waals surface area (Å²) in [6, 6.07) is 2.00. The van der Waals surface area contributed by atoms with Crippen molar-refractivity contribution in [2.75, 3.05) is 25.6 Å². The van der Waals surface area contributed by atoms with Crippen LogP contribution in [0.15, 0.2) is 6.07 Å². The molecule has 1 rings (SSSR count). The van der Waals surface area contributed by atoms with Gasteiger partial charge in [-0.2, -0.15) is 0 Å². The number of nitrogens with zero attached hydrogens (tertiary/aromatic N) is 1. The average molecular weight is 295 g/mol. The Labute approximate surface area is 127 Å². The zero-order valence-corrected chi connectivity index (χ0v) is 13.9. The Bertz CT molecular complexity index is 486. The van der Waals surface area contributed by atoms with Crippen molar-refractivity contribution in [3.63, 3.8) is 0 Å². The van der Waals surface area contributed by atoms with Crippen molar-refractivity contribution in [2.24, 2.45) is 11.1 Å². The smallest absolute Gasteiger partial charge is 0.136 e. The van der Waals surface area contributed by atoms with Crippen molar-refractivity contribution >= 4 is 23.0 Å². The van der Waals surface area contributed by atoms with Crippen molar-refractivity contribution < 1.29 is 4.74 Å². The minimum absolute atomic E-state index is 0.114. The van der Waals surface area contributed by atoms with Gasteiger partial charge < -0.3 is 15.8 Å². The van der Waals surface area contributed by atoms with E-state index in [1.54, 1.807) is 7.11 Å². The predicted octanol–water partition coefficient (Wildman–Crippen LogP) is 2.81. The van der Waals surface area contributed by atoms with Crippen LogP contribution >= 0.6 is 12.2 Å². The number of nitrogens with one attached hydrogen (secondary N) is 1. The van der Waals surface area contributed by atoms with Crippen LogP contribution in [0.4, 0.5) is 5.82 Å². The minimum atomic E-state index is 0.114. The maximum absolute atomic E-state index is 5.82. The molecule has 0 aromatic carbocycles. The van der Waals surface area contributed by atoms with E-state index in [0.717, 1.165) is 42.2 Å². The molecule has 112 valence electrons. The molecule has 0 unspecified atom stereocenters. The number of nitrogens with two attached hydrogens (primary N) is 1. The van der Waals surface area contributed by atoms with Gasteiger partial charge in [0, 0.05) is 26.0 Å². The molecule has 1 aromatic rings. The van der Waals surface area contributed by atoms with E-state index >= 15 is 0 Å². The third-order valence-corrected chi connectivity index (χ3v) is 3.51. The number of rotatable bonds is 7. The lowest BCUT2D eigenvalue weighted by molar-refractivity contribution is 0.157. The second-order valence-electron chi connectivity index (χ2n) is 5.93. The normalized spacial score (nSPS) is 11.4. The fraction of sp³-hybridized carbons (Fsp3) is 0.600. The molecule has 3 N–H and O–H groups in total. The minimum Gasteiger partial charge on any atom is -0.389 e. The van der Waals surface area contributed by atoms with Crippen LogP contribution in [-0.2, 0) is 4.74 Å². The van der Waals surface area contributed by atoms with Gasteiger partial charge >= 0.3 is 0 Å². The zero-order chi connectivity index (χ0) is 15.3. The number of pyridine rings is 1. The molecule has 0 atom stereocenters. The molecule has 0 radical (unpaired) electrons. The molecule has 0 aliphatic heterocycles. The highest BCUT2D eigenvalue weighted by Gasteiger charge is 2.19. The molecule has 0 aliphatic rings. The number of aromatic nitrogens is 1. The van der Waals surface area contributed by atoms with Crippen molar-refractivity contribution in [3.05, 3.63) is 22.9 Å². The molecule has 20 heavy (non-hydrogen) atoms. The van der Waals surface area contributed by atoms with Crippen LogP contribution in [0.2, 0.25) is 0 Å². The summed E-state index contributed by atoms with van der Waals surface area (Å²) in [4.78, 5) is 4.91. The standard InChI is InChI=1S/C15H25N3OS/c1-10-8-11(2)18-14(12(10)13(16)20)17-9-15(3,4)6-7-19-5/h8H,6-7,9H2,1-5H3,(H2,16,20)(H,17,18). The fourth-order valence-electron chi connectivity index (χ4n) is 2.07. The van der Waals surface area contributed by atoms with Gasteiger partial charge in [0.1, 0.15) is 10.8 Å². The van der Waals surface area contributed by atoms with Gasteiger partial charge in [-0.15, -0.1) is 0 Å². The molecule has 1 heterocycles. The lowest BCUT2D eigenvalue weighted by Gasteiger charge is -2.26. The van der Waals surface area contributed by atoms with Crippen LogP contribution in [0.5, 0.6) is 0 Å². The number of hydrogen-bond acceptors (Lipinski definition) is 4. The molecule has 4 nitrogen and oxygen atoms in total. The number of hydrogen-bond donors (Lipinski definition) is 2. The van der Waals surface area contributed by atoms with Gasteiger partial charge in [-0.25, -0.2) is 4.98 Å². The fourth-order valence-corrected chi connectivity index (χ4v) is 2.32. The largest absolute Gasteiger partial charge is 0.389 e. The predicted molar refractivity (Wildman–Crippen MR) is 88.4 cm³/mol. The molecule has 5 heteroatoms. The van der Waals surface area contributed by atoms with E-state index in [2.05, 4.69) is 24.1 Å². The molecule has 0 fully saturated rings. The summed E-state index contributed by atoms with van der Waals surface area (Å²) in [6.07, 6.45) is 0.976. The number of anilines is 1. The van der Waals surface area contributed by atoms with E-state index in [1.165, 1.54) is 0 Å². The number of aryl methyl sites for hydroxylation is 2. The molecule has 0 amide bonds. The van der Waals surface area contributed by atoms with E-state index in [1.807, 2.05) is 19.9 Å². The SMILES string of the molecule is COCCC(C)(C)CNc1nc(C)cc(C)c1C(N)=S. The van der Waals surface area contributed by atoms with Crippen molar-refractivity contribution in [1.82, 2.24) is 4.98 Å². The van der Waals surface area contributed by atoms with E-state index in [4.69, 9.17) is 22.7 Å². The quantitative estimate of drug-likeness (QED) is 0.758. The second-order valence-corrected chi connectivity index (χ2v) is 6.37. The molecule has 0 spiro atoms. The Balaban J connectivity index is 2.89. The number of methoxy groups -OCH3 is 1. The highest BCUT2D eigenvalue weighted by molar-refractivity contribution is 7.80. The summed E-state index contributed by atoms with van der Waals surface area (Å²) in [6.45, 7) is 9.91. The van der Waals surface area contributed by atoms with Crippen LogP contribution in [0.3, 0.4) is 0 Å². The summed E-state index contributed by atoms with van der Waals surface area (Å²) < 4.78 is 5.15. The van der Waals surface area contributed by atoms with E-state index in [-0.39, 0.29) is 5.41 Å². The van der Waals surface area contributed by atoms with Gasteiger partial charge in [-0.3, -0.25) is 0 Å². The third-order valence-electron chi connectivity index (χ3n) is 3.31. The summed E-state index contributed by atoms with van der Waals surface area (Å²) in [7, 11) is 1.72. The number of ether oxygens (including phenoxy) is 1. The Morgan fingerprint density at radius 3 is 2.65 bits per heavy atom. The van der Waals surface area contributed by atoms with Crippen molar-refractivity contribution in [2.45, 2.75) is 34.1 Å². The first-order valence-corrected chi connectivity index (χ1v) is 7.18. The first-order valence-electron chi connectivity index (χ1n) is 6.77. The monoisotopic (exact) mass is 295 g/mol. The molecule has 0 aliphatic carbocycles. The van der Waals surface area contributed by atoms with Gasteiger partial charge in [0.15, 0.2) is 0 Å². The first kappa shape index (κ1) is 16.9. The third kappa shape index (κ3) is 4.72. The maximum atomic E-state index is 5.82. The Hall–Kier alpha value is -1.20.